The summed E-state index contributed by atoms with van der Waals surface area (Å²) in [6.45, 7) is 1.90. The van der Waals surface area contributed by atoms with Crippen molar-refractivity contribution in [1.82, 2.24) is 15.3 Å². The molecule has 0 saturated carbocycles. The van der Waals surface area contributed by atoms with Crippen LogP contribution in [0.5, 0.6) is 0 Å². The van der Waals surface area contributed by atoms with Gasteiger partial charge >= 0.3 is 0 Å². The third-order valence-corrected chi connectivity index (χ3v) is 4.43. The van der Waals surface area contributed by atoms with Gasteiger partial charge in [-0.25, -0.2) is 9.97 Å². The Morgan fingerprint density at radius 3 is 3.25 bits per heavy atom. The average molecular weight is 287 g/mol. The summed E-state index contributed by atoms with van der Waals surface area (Å²) in [5.74, 6) is 0.875. The van der Waals surface area contributed by atoms with Gasteiger partial charge in [-0.2, -0.15) is 0 Å². The smallest absolute Gasteiger partial charge is 0.225 e. The van der Waals surface area contributed by atoms with E-state index in [2.05, 4.69) is 15.3 Å². The van der Waals surface area contributed by atoms with Gasteiger partial charge in [-0.3, -0.25) is 4.79 Å². The summed E-state index contributed by atoms with van der Waals surface area (Å²) in [4.78, 5) is 22.0. The van der Waals surface area contributed by atoms with E-state index in [4.69, 9.17) is 0 Å². The fourth-order valence-electron chi connectivity index (χ4n) is 2.61. The minimum absolute atomic E-state index is 0.0619. The number of carbonyl (C=O) groups excluding carboxylic acids is 1. The van der Waals surface area contributed by atoms with Gasteiger partial charge in [0.05, 0.1) is 12.5 Å². The standard InChI is InChI=1S/C15H17N3OS/c1-10-16-9-12-13(17-10)5-2-6-14(12)18-15(19)8-11-4-3-7-20-11/h3-4,7,9,14H,2,5-6,8H2,1H3,(H,18,19)/t14-/m0/s1. The van der Waals surface area contributed by atoms with Crippen LogP contribution < -0.4 is 5.32 Å². The topological polar surface area (TPSA) is 54.9 Å². The Hall–Kier alpha value is -1.75. The van der Waals surface area contributed by atoms with Crippen LogP contribution in [-0.4, -0.2) is 15.9 Å². The van der Waals surface area contributed by atoms with E-state index in [0.29, 0.717) is 6.42 Å². The molecule has 0 aromatic carbocycles. The second-order valence-electron chi connectivity index (χ2n) is 5.09. The van der Waals surface area contributed by atoms with E-state index in [0.717, 1.165) is 41.2 Å². The summed E-state index contributed by atoms with van der Waals surface area (Å²) >= 11 is 1.62. The van der Waals surface area contributed by atoms with Crippen LogP contribution >= 0.6 is 11.3 Å². The van der Waals surface area contributed by atoms with Crippen LogP contribution in [0, 0.1) is 6.92 Å². The minimum Gasteiger partial charge on any atom is -0.349 e. The van der Waals surface area contributed by atoms with Crippen molar-refractivity contribution in [2.45, 2.75) is 38.6 Å². The Kier molecular flexibility index (Phi) is 3.78. The lowest BCUT2D eigenvalue weighted by Crippen LogP contribution is -2.32. The molecular weight excluding hydrogens is 270 g/mol. The molecule has 4 nitrogen and oxygen atoms in total. The number of amides is 1. The lowest BCUT2D eigenvalue weighted by Gasteiger charge is -2.25. The number of hydrogen-bond acceptors (Lipinski definition) is 4. The normalized spacial score (nSPS) is 17.6. The van der Waals surface area contributed by atoms with Gasteiger partial charge in [-0.1, -0.05) is 6.07 Å². The maximum atomic E-state index is 12.1. The highest BCUT2D eigenvalue weighted by molar-refractivity contribution is 7.10. The Bertz CT molecular complexity index is 610. The maximum absolute atomic E-state index is 12.1. The van der Waals surface area contributed by atoms with E-state index in [1.807, 2.05) is 30.6 Å². The fraction of sp³-hybridized carbons (Fsp3) is 0.400. The largest absolute Gasteiger partial charge is 0.349 e. The predicted molar refractivity (Wildman–Crippen MR) is 78.6 cm³/mol. The molecule has 0 fully saturated rings. The molecule has 1 amide bonds. The molecule has 0 unspecified atom stereocenters. The molecule has 104 valence electrons. The Morgan fingerprint density at radius 2 is 2.45 bits per heavy atom. The minimum atomic E-state index is 0.0619. The first-order valence-corrected chi connectivity index (χ1v) is 7.74. The summed E-state index contributed by atoms with van der Waals surface area (Å²) in [5.41, 5.74) is 2.17. The highest BCUT2D eigenvalue weighted by Gasteiger charge is 2.23. The van der Waals surface area contributed by atoms with Crippen molar-refractivity contribution >= 4 is 17.2 Å². The van der Waals surface area contributed by atoms with E-state index in [1.54, 1.807) is 11.3 Å². The van der Waals surface area contributed by atoms with E-state index in [9.17, 15) is 4.79 Å². The number of aromatic nitrogens is 2. The van der Waals surface area contributed by atoms with Crippen LogP contribution in [-0.2, 0) is 17.6 Å². The summed E-state index contributed by atoms with van der Waals surface area (Å²) in [5, 5.41) is 5.12. The molecule has 3 rings (SSSR count). The molecule has 20 heavy (non-hydrogen) atoms. The van der Waals surface area contributed by atoms with E-state index in [1.165, 1.54) is 0 Å². The highest BCUT2D eigenvalue weighted by atomic mass is 32.1. The van der Waals surface area contributed by atoms with Crippen LogP contribution in [0.2, 0.25) is 0 Å². The van der Waals surface area contributed by atoms with Gasteiger partial charge in [0.15, 0.2) is 0 Å². The molecule has 0 aliphatic heterocycles. The van der Waals surface area contributed by atoms with E-state index < -0.39 is 0 Å². The number of rotatable bonds is 3. The molecule has 0 radical (unpaired) electrons. The van der Waals surface area contributed by atoms with Crippen molar-refractivity contribution in [3.05, 3.63) is 45.7 Å². The molecule has 0 saturated heterocycles. The zero-order valence-corrected chi connectivity index (χ0v) is 12.2. The molecule has 1 aliphatic carbocycles. The predicted octanol–water partition coefficient (Wildman–Crippen LogP) is 2.58. The molecule has 1 atom stereocenters. The number of hydrogen-bond donors (Lipinski definition) is 1. The van der Waals surface area contributed by atoms with Crippen molar-refractivity contribution < 1.29 is 4.79 Å². The summed E-state index contributed by atoms with van der Waals surface area (Å²) < 4.78 is 0. The number of carbonyl (C=O) groups is 1. The van der Waals surface area contributed by atoms with Crippen LogP contribution in [0.1, 0.15) is 40.8 Å². The second kappa shape index (κ2) is 5.71. The molecule has 1 N–H and O–H groups in total. The van der Waals surface area contributed by atoms with Gasteiger partial charge in [0.2, 0.25) is 5.91 Å². The summed E-state index contributed by atoms with van der Waals surface area (Å²) in [6.07, 6.45) is 5.34. The molecule has 5 heteroatoms. The SMILES string of the molecule is Cc1ncc2c(n1)CCC[C@@H]2NC(=O)Cc1cccs1. The summed E-state index contributed by atoms with van der Waals surface area (Å²) in [6, 6.07) is 4.03. The second-order valence-corrected chi connectivity index (χ2v) is 6.12. The van der Waals surface area contributed by atoms with Gasteiger partial charge in [-0.05, 0) is 37.6 Å². The molecule has 0 bridgehead atoms. The highest BCUT2D eigenvalue weighted by Crippen LogP contribution is 2.28. The van der Waals surface area contributed by atoms with Crippen molar-refractivity contribution in [2.75, 3.05) is 0 Å². The van der Waals surface area contributed by atoms with E-state index >= 15 is 0 Å². The van der Waals surface area contributed by atoms with Gasteiger partial charge in [-0.15, -0.1) is 11.3 Å². The third kappa shape index (κ3) is 2.88. The van der Waals surface area contributed by atoms with Gasteiger partial charge < -0.3 is 5.32 Å². The monoisotopic (exact) mass is 287 g/mol. The number of nitrogens with one attached hydrogen (secondary N) is 1. The Labute approximate surface area is 122 Å². The molecule has 2 aromatic heterocycles. The third-order valence-electron chi connectivity index (χ3n) is 3.55. The molecule has 1 aliphatic rings. The maximum Gasteiger partial charge on any atom is 0.225 e. The van der Waals surface area contributed by atoms with Crippen LogP contribution in [0.25, 0.3) is 0 Å². The average Bonchev–Trinajstić information content (AvgIpc) is 2.91. The van der Waals surface area contributed by atoms with Crippen molar-refractivity contribution in [2.24, 2.45) is 0 Å². The number of nitrogens with zero attached hydrogens (tertiary/aromatic N) is 2. The lowest BCUT2D eigenvalue weighted by atomic mass is 9.92. The first-order chi connectivity index (χ1) is 9.72. The van der Waals surface area contributed by atoms with Crippen molar-refractivity contribution in [3.8, 4) is 0 Å². The van der Waals surface area contributed by atoms with Crippen LogP contribution in [0.4, 0.5) is 0 Å². The van der Waals surface area contributed by atoms with E-state index in [-0.39, 0.29) is 11.9 Å². The van der Waals surface area contributed by atoms with Gasteiger partial charge in [0, 0.05) is 22.3 Å². The first-order valence-electron chi connectivity index (χ1n) is 6.86. The molecule has 2 heterocycles. The van der Waals surface area contributed by atoms with Crippen molar-refractivity contribution in [1.29, 1.82) is 0 Å². The van der Waals surface area contributed by atoms with Gasteiger partial charge in [0.1, 0.15) is 5.82 Å². The Balaban J connectivity index is 1.71. The number of fused-ring (bicyclic) bond motifs is 1. The summed E-state index contributed by atoms with van der Waals surface area (Å²) in [7, 11) is 0. The Morgan fingerprint density at radius 1 is 1.55 bits per heavy atom. The zero-order valence-electron chi connectivity index (χ0n) is 11.4. The quantitative estimate of drug-likeness (QED) is 0.944. The first kappa shape index (κ1) is 13.2. The van der Waals surface area contributed by atoms with Crippen LogP contribution in [0.3, 0.4) is 0 Å². The molecular formula is C15H17N3OS. The van der Waals surface area contributed by atoms with Gasteiger partial charge in [0.25, 0.3) is 0 Å². The number of thiophene rings is 1. The lowest BCUT2D eigenvalue weighted by molar-refractivity contribution is -0.121. The molecule has 0 spiro atoms. The zero-order chi connectivity index (χ0) is 13.9. The molecule has 2 aromatic rings. The van der Waals surface area contributed by atoms with Crippen LogP contribution in [0.15, 0.2) is 23.7 Å². The number of aryl methyl sites for hydroxylation is 2. The van der Waals surface area contributed by atoms with Crippen molar-refractivity contribution in [3.63, 3.8) is 0 Å². The fourth-order valence-corrected chi connectivity index (χ4v) is 3.32.